The molecule has 0 amide bonds. The lowest BCUT2D eigenvalue weighted by Crippen LogP contribution is -2.53. The molecule has 0 saturated heterocycles. The Balaban J connectivity index is 1.35. The lowest BCUT2D eigenvalue weighted by atomic mass is 9.48. The lowest BCUT2D eigenvalue weighted by molar-refractivity contribution is -0.140. The normalized spacial score (nSPS) is 45.0. The molecule has 4 aliphatic carbocycles. The van der Waals surface area contributed by atoms with Crippen molar-refractivity contribution in [3.05, 3.63) is 12.4 Å². The van der Waals surface area contributed by atoms with Crippen molar-refractivity contribution in [1.29, 1.82) is 0 Å². The SMILES string of the molecule is COC[C@@]1(O)CC[C@@]2(C)[C@@H](CCC[C@H]3[C@@H]2CC[C@]2(C)[C@@H](C(=O)Cn4cc(N)cn4)CC[C@@H]32)C1. The van der Waals surface area contributed by atoms with E-state index in [0.29, 0.717) is 47.8 Å². The summed E-state index contributed by atoms with van der Waals surface area (Å²) in [7, 11) is 1.70. The summed E-state index contributed by atoms with van der Waals surface area (Å²) >= 11 is 0. The number of carbonyl (C=O) groups excluding carboxylic acids is 1. The maximum absolute atomic E-state index is 13.4. The number of nitrogens with two attached hydrogens (primary N) is 1. The first kappa shape index (κ1) is 23.3. The second kappa shape index (κ2) is 8.37. The number of rotatable bonds is 5. The average molecular weight is 458 g/mol. The summed E-state index contributed by atoms with van der Waals surface area (Å²) in [4.78, 5) is 13.4. The number of anilines is 1. The fourth-order valence-corrected chi connectivity index (χ4v) is 9.19. The fourth-order valence-electron chi connectivity index (χ4n) is 9.19. The van der Waals surface area contributed by atoms with Gasteiger partial charge >= 0.3 is 0 Å². The Labute approximate surface area is 198 Å². The van der Waals surface area contributed by atoms with E-state index < -0.39 is 5.60 Å². The molecule has 0 bridgehead atoms. The second-order valence-electron chi connectivity index (χ2n) is 12.5. The van der Waals surface area contributed by atoms with Crippen LogP contribution in [0.25, 0.3) is 0 Å². The Bertz CT molecular complexity index is 886. The van der Waals surface area contributed by atoms with Gasteiger partial charge in [-0.25, -0.2) is 0 Å². The lowest BCUT2D eigenvalue weighted by Gasteiger charge is -2.57. The molecule has 33 heavy (non-hydrogen) atoms. The zero-order valence-electron chi connectivity index (χ0n) is 20.8. The van der Waals surface area contributed by atoms with E-state index in [1.54, 1.807) is 24.2 Å². The van der Waals surface area contributed by atoms with E-state index in [1.807, 2.05) is 0 Å². The summed E-state index contributed by atoms with van der Waals surface area (Å²) in [5, 5.41) is 15.4. The van der Waals surface area contributed by atoms with Crippen LogP contribution in [0.5, 0.6) is 0 Å². The van der Waals surface area contributed by atoms with Crippen molar-refractivity contribution in [3.8, 4) is 0 Å². The highest BCUT2D eigenvalue weighted by Gasteiger charge is 2.61. The fraction of sp³-hybridized carbons (Fsp3) is 0.852. The van der Waals surface area contributed by atoms with Crippen LogP contribution in [0.2, 0.25) is 0 Å². The van der Waals surface area contributed by atoms with Gasteiger partial charge in [-0.2, -0.15) is 5.10 Å². The van der Waals surface area contributed by atoms with E-state index >= 15 is 0 Å². The third-order valence-electron chi connectivity index (χ3n) is 10.8. The number of Topliss-reactive ketones (excluding diaryl/α,β-unsaturated/α-hetero) is 1. The molecule has 4 fully saturated rings. The van der Waals surface area contributed by atoms with Crippen molar-refractivity contribution in [2.45, 2.75) is 90.2 Å². The molecular weight excluding hydrogens is 414 g/mol. The monoisotopic (exact) mass is 457 g/mol. The van der Waals surface area contributed by atoms with Crippen molar-refractivity contribution in [1.82, 2.24) is 9.78 Å². The highest BCUT2D eigenvalue weighted by atomic mass is 16.5. The highest BCUT2D eigenvalue weighted by Crippen LogP contribution is 2.67. The van der Waals surface area contributed by atoms with Gasteiger partial charge in [0.25, 0.3) is 0 Å². The third kappa shape index (κ3) is 3.85. The van der Waals surface area contributed by atoms with Crippen LogP contribution >= 0.6 is 0 Å². The Kier molecular flexibility index (Phi) is 5.92. The third-order valence-corrected chi connectivity index (χ3v) is 10.8. The van der Waals surface area contributed by atoms with E-state index in [0.717, 1.165) is 38.0 Å². The summed E-state index contributed by atoms with van der Waals surface area (Å²) in [5.41, 5.74) is 6.19. The predicted octanol–water partition coefficient (Wildman–Crippen LogP) is 4.46. The molecular formula is C27H43N3O3. The van der Waals surface area contributed by atoms with Crippen molar-refractivity contribution >= 4 is 11.5 Å². The van der Waals surface area contributed by atoms with Crippen LogP contribution in [0.3, 0.4) is 0 Å². The Morgan fingerprint density at radius 3 is 2.67 bits per heavy atom. The van der Waals surface area contributed by atoms with Crippen LogP contribution in [-0.4, -0.2) is 40.0 Å². The van der Waals surface area contributed by atoms with E-state index in [-0.39, 0.29) is 11.3 Å². The van der Waals surface area contributed by atoms with Crippen LogP contribution in [0.1, 0.15) is 78.1 Å². The van der Waals surface area contributed by atoms with E-state index in [1.165, 1.54) is 32.1 Å². The second-order valence-corrected chi connectivity index (χ2v) is 12.5. The van der Waals surface area contributed by atoms with Crippen LogP contribution < -0.4 is 5.73 Å². The molecule has 1 aromatic heterocycles. The summed E-state index contributed by atoms with van der Waals surface area (Å²) in [5.74, 6) is 3.12. The van der Waals surface area contributed by atoms with Gasteiger partial charge in [-0.05, 0) is 92.3 Å². The van der Waals surface area contributed by atoms with Crippen LogP contribution in [0, 0.1) is 40.4 Å². The summed E-state index contributed by atoms with van der Waals surface area (Å²) in [6.07, 6.45) is 14.6. The minimum absolute atomic E-state index is 0.110. The van der Waals surface area contributed by atoms with Gasteiger partial charge in [0.2, 0.25) is 0 Å². The van der Waals surface area contributed by atoms with E-state index in [4.69, 9.17) is 10.5 Å². The summed E-state index contributed by atoms with van der Waals surface area (Å²) in [6.45, 7) is 5.76. The molecule has 0 aromatic carbocycles. The van der Waals surface area contributed by atoms with Gasteiger partial charge in [-0.15, -0.1) is 0 Å². The molecule has 4 aliphatic rings. The molecule has 4 saturated carbocycles. The first-order valence-electron chi connectivity index (χ1n) is 13.2. The van der Waals surface area contributed by atoms with E-state index in [2.05, 4.69) is 18.9 Å². The molecule has 1 heterocycles. The number of aliphatic hydroxyl groups is 1. The highest BCUT2D eigenvalue weighted by molar-refractivity contribution is 5.82. The van der Waals surface area contributed by atoms with Crippen molar-refractivity contribution < 1.29 is 14.6 Å². The molecule has 6 nitrogen and oxygen atoms in total. The van der Waals surface area contributed by atoms with Gasteiger partial charge in [0.05, 0.1) is 30.6 Å². The van der Waals surface area contributed by atoms with Crippen LogP contribution in [0.4, 0.5) is 5.69 Å². The maximum atomic E-state index is 13.4. The molecule has 5 rings (SSSR count). The van der Waals surface area contributed by atoms with Crippen LogP contribution in [-0.2, 0) is 16.1 Å². The average Bonchev–Trinajstić information content (AvgIpc) is 3.29. The van der Waals surface area contributed by atoms with Crippen molar-refractivity contribution in [2.75, 3.05) is 19.5 Å². The number of ether oxygens (including phenoxy) is 1. The largest absolute Gasteiger partial charge is 0.396 e. The summed E-state index contributed by atoms with van der Waals surface area (Å²) in [6, 6.07) is 0. The van der Waals surface area contributed by atoms with Gasteiger partial charge in [-0.3, -0.25) is 9.48 Å². The first-order chi connectivity index (χ1) is 15.7. The number of carbonyl (C=O) groups is 1. The van der Waals surface area contributed by atoms with Crippen molar-refractivity contribution in [2.24, 2.45) is 40.4 Å². The molecule has 0 aliphatic heterocycles. The van der Waals surface area contributed by atoms with E-state index in [9.17, 15) is 9.90 Å². The minimum Gasteiger partial charge on any atom is -0.396 e. The zero-order chi connectivity index (χ0) is 23.4. The van der Waals surface area contributed by atoms with Gasteiger partial charge in [0, 0.05) is 19.2 Å². The standard InChI is InChI=1S/C27H43N3O3/c1-25-11-12-27(32,17-33-3)13-18(25)5-4-6-20-21-7-8-23(26(21,2)10-9-22(20)25)24(31)16-30-15-19(28)14-29-30/h14-15,18,20-23,32H,4-13,16-17,28H2,1-3H3/t18-,20+,21-,22-,23+,25-,26-,27+/m0/s1. The quantitative estimate of drug-likeness (QED) is 0.681. The van der Waals surface area contributed by atoms with Crippen LogP contribution in [0.15, 0.2) is 12.4 Å². The number of aromatic nitrogens is 2. The molecule has 0 unspecified atom stereocenters. The van der Waals surface area contributed by atoms with Gasteiger partial charge in [0.15, 0.2) is 5.78 Å². The number of hydrogen-bond donors (Lipinski definition) is 2. The number of fused-ring (bicyclic) bond motifs is 5. The predicted molar refractivity (Wildman–Crippen MR) is 128 cm³/mol. The number of ketones is 1. The van der Waals surface area contributed by atoms with Gasteiger partial charge < -0.3 is 15.6 Å². The van der Waals surface area contributed by atoms with Gasteiger partial charge in [0.1, 0.15) is 0 Å². The number of nitrogens with zero attached hydrogens (tertiary/aromatic N) is 2. The molecule has 1 aromatic rings. The minimum atomic E-state index is -0.650. The molecule has 8 atom stereocenters. The molecule has 6 heteroatoms. The Morgan fingerprint density at radius 2 is 1.94 bits per heavy atom. The number of hydrogen-bond acceptors (Lipinski definition) is 5. The zero-order valence-corrected chi connectivity index (χ0v) is 20.8. The number of methoxy groups -OCH3 is 1. The molecule has 3 N–H and O–H groups in total. The molecule has 0 radical (unpaired) electrons. The van der Waals surface area contributed by atoms with Crippen molar-refractivity contribution in [3.63, 3.8) is 0 Å². The van der Waals surface area contributed by atoms with Gasteiger partial charge in [-0.1, -0.05) is 20.3 Å². The smallest absolute Gasteiger partial charge is 0.157 e. The Hall–Kier alpha value is -1.40. The maximum Gasteiger partial charge on any atom is 0.157 e. The first-order valence-corrected chi connectivity index (χ1v) is 13.2. The molecule has 184 valence electrons. The Morgan fingerprint density at radius 1 is 1.15 bits per heavy atom. The number of nitrogen functional groups attached to an aromatic ring is 1. The summed E-state index contributed by atoms with van der Waals surface area (Å²) < 4.78 is 7.10. The topological polar surface area (TPSA) is 90.4 Å². The molecule has 0 spiro atoms.